The van der Waals surface area contributed by atoms with Crippen LogP contribution in [0.15, 0.2) is 18.2 Å². The Morgan fingerprint density at radius 2 is 2.19 bits per heavy atom. The molecule has 21 heavy (non-hydrogen) atoms. The van der Waals surface area contributed by atoms with Gasteiger partial charge in [0.1, 0.15) is 5.75 Å². The second kappa shape index (κ2) is 4.65. The Labute approximate surface area is 119 Å². The maximum Gasteiger partial charge on any atom is 0.415 e. The zero-order valence-electron chi connectivity index (χ0n) is 11.2. The van der Waals surface area contributed by atoms with Gasteiger partial charge >= 0.3 is 12.1 Å². The van der Waals surface area contributed by atoms with E-state index in [1.807, 2.05) is 0 Å². The number of fused-ring (bicyclic) bond motifs is 2. The van der Waals surface area contributed by atoms with Crippen LogP contribution in [0.2, 0.25) is 0 Å². The molecule has 2 heterocycles. The Morgan fingerprint density at radius 3 is 2.86 bits per heavy atom. The number of rotatable bonds is 1. The molecule has 3 N–H and O–H groups in total. The Bertz CT molecular complexity index is 645. The molecule has 0 aliphatic carbocycles. The molecule has 0 bridgehead atoms. The van der Waals surface area contributed by atoms with E-state index in [-0.39, 0.29) is 19.1 Å². The highest BCUT2D eigenvalue weighted by Crippen LogP contribution is 2.43. The summed E-state index contributed by atoms with van der Waals surface area (Å²) in [6.07, 6.45) is -0.514. The highest BCUT2D eigenvalue weighted by molar-refractivity contribution is 6.04. The molecule has 110 valence electrons. The van der Waals surface area contributed by atoms with Crippen molar-refractivity contribution in [2.45, 2.75) is 12.0 Å². The first-order valence-corrected chi connectivity index (χ1v) is 6.36. The molecule has 0 aromatic heterocycles. The fraction of sp³-hybridized carbons (Fsp3) is 0.308. The molecule has 2 aliphatic rings. The highest BCUT2D eigenvalue weighted by atomic mass is 16.6. The Morgan fingerprint density at radius 1 is 1.38 bits per heavy atom. The summed E-state index contributed by atoms with van der Waals surface area (Å²) < 4.78 is 10.7. The summed E-state index contributed by atoms with van der Waals surface area (Å²) in [5, 5.41) is 7.17. The normalized spacial score (nSPS) is 22.9. The van der Waals surface area contributed by atoms with Gasteiger partial charge in [-0.1, -0.05) is 0 Å². The van der Waals surface area contributed by atoms with Gasteiger partial charge in [-0.25, -0.2) is 9.59 Å². The molecule has 1 fully saturated rings. The molecule has 4 amide bonds. The number of urea groups is 1. The highest BCUT2D eigenvalue weighted by Gasteiger charge is 2.53. The topological polar surface area (TPSA) is 106 Å². The van der Waals surface area contributed by atoms with Crippen LogP contribution in [0.4, 0.5) is 15.3 Å². The third-order valence-electron chi connectivity index (χ3n) is 3.46. The number of benzene rings is 1. The first-order valence-electron chi connectivity index (χ1n) is 6.36. The Balaban J connectivity index is 1.98. The van der Waals surface area contributed by atoms with E-state index in [9.17, 15) is 14.4 Å². The molecule has 1 aromatic rings. The van der Waals surface area contributed by atoms with Crippen LogP contribution in [-0.4, -0.2) is 31.7 Å². The molecule has 1 spiro atoms. The van der Waals surface area contributed by atoms with Crippen molar-refractivity contribution < 1.29 is 23.9 Å². The zero-order valence-corrected chi connectivity index (χ0v) is 11.2. The summed E-state index contributed by atoms with van der Waals surface area (Å²) in [4.78, 5) is 34.7. The van der Waals surface area contributed by atoms with Gasteiger partial charge in [0.15, 0.2) is 0 Å². The third kappa shape index (κ3) is 2.04. The number of hydrogen-bond donors (Lipinski definition) is 3. The van der Waals surface area contributed by atoms with Crippen molar-refractivity contribution >= 4 is 23.7 Å². The Kier molecular flexibility index (Phi) is 2.93. The van der Waals surface area contributed by atoms with E-state index in [2.05, 4.69) is 16.0 Å². The quantitative estimate of drug-likeness (QED) is 0.705. The second-order valence-corrected chi connectivity index (χ2v) is 4.68. The van der Waals surface area contributed by atoms with Gasteiger partial charge in [-0.3, -0.25) is 10.1 Å². The van der Waals surface area contributed by atoms with Crippen molar-refractivity contribution in [3.8, 4) is 5.75 Å². The first kappa shape index (κ1) is 13.2. The molecular weight excluding hydrogens is 278 g/mol. The zero-order chi connectivity index (χ0) is 15.0. The van der Waals surface area contributed by atoms with Crippen LogP contribution < -0.4 is 20.7 Å². The maximum atomic E-state index is 12.0. The molecule has 1 saturated heterocycles. The Hall–Kier alpha value is -2.77. The molecular formula is C13H13N3O5. The molecule has 0 saturated carbocycles. The number of alkyl carbamates (subject to hydrolysis) is 1. The molecule has 2 aliphatic heterocycles. The van der Waals surface area contributed by atoms with Gasteiger partial charge in [0.05, 0.1) is 6.61 Å². The average molecular weight is 291 g/mol. The van der Waals surface area contributed by atoms with E-state index in [4.69, 9.17) is 9.47 Å². The predicted molar refractivity (Wildman–Crippen MR) is 70.9 cm³/mol. The van der Waals surface area contributed by atoms with E-state index in [0.717, 1.165) is 0 Å². The lowest BCUT2D eigenvalue weighted by atomic mass is 9.87. The largest absolute Gasteiger partial charge is 0.493 e. The minimum atomic E-state index is -1.34. The lowest BCUT2D eigenvalue weighted by Crippen LogP contribution is -2.40. The summed E-state index contributed by atoms with van der Waals surface area (Å²) in [7, 11) is 1.50. The number of nitrogens with one attached hydrogen (secondary N) is 3. The molecule has 8 nitrogen and oxygen atoms in total. The van der Waals surface area contributed by atoms with E-state index in [1.54, 1.807) is 18.2 Å². The number of imide groups is 1. The lowest BCUT2D eigenvalue weighted by Gasteiger charge is -2.31. The van der Waals surface area contributed by atoms with Crippen LogP contribution in [0, 0.1) is 0 Å². The predicted octanol–water partition coefficient (Wildman–Crippen LogP) is 0.682. The van der Waals surface area contributed by atoms with E-state index >= 15 is 0 Å². The summed E-state index contributed by atoms with van der Waals surface area (Å²) in [5.41, 5.74) is -0.356. The molecule has 0 radical (unpaired) electrons. The second-order valence-electron chi connectivity index (χ2n) is 4.68. The van der Waals surface area contributed by atoms with Crippen molar-refractivity contribution in [1.82, 2.24) is 10.6 Å². The fourth-order valence-electron chi connectivity index (χ4n) is 2.45. The van der Waals surface area contributed by atoms with Crippen LogP contribution in [0.25, 0.3) is 0 Å². The van der Waals surface area contributed by atoms with E-state index < -0.39 is 17.6 Å². The molecule has 3 rings (SSSR count). The fourth-order valence-corrected chi connectivity index (χ4v) is 2.45. The van der Waals surface area contributed by atoms with Gasteiger partial charge in [0.25, 0.3) is 5.91 Å². The van der Waals surface area contributed by atoms with Crippen LogP contribution in [0.1, 0.15) is 12.0 Å². The number of ether oxygens (including phenoxy) is 2. The van der Waals surface area contributed by atoms with Crippen molar-refractivity contribution in [3.63, 3.8) is 0 Å². The number of carbonyl (C=O) groups excluding carboxylic acids is 3. The van der Waals surface area contributed by atoms with Crippen molar-refractivity contribution in [2.24, 2.45) is 0 Å². The van der Waals surface area contributed by atoms with Crippen molar-refractivity contribution in [1.29, 1.82) is 0 Å². The summed E-state index contributed by atoms with van der Waals surface area (Å²) >= 11 is 0. The number of carbonyl (C=O) groups is 3. The number of amides is 4. The molecule has 1 unspecified atom stereocenters. The minimum Gasteiger partial charge on any atom is -0.493 e. The van der Waals surface area contributed by atoms with Crippen LogP contribution in [0.5, 0.6) is 5.75 Å². The third-order valence-corrected chi connectivity index (χ3v) is 3.46. The standard InChI is InChI=1S/C13H13N3O5/c1-14-11(18)15-7-2-3-8-9(6-7)20-5-4-13(8)10(17)16-12(19)21-13/h2-3,6H,4-5H2,1H3,(H2,14,15,18)(H,16,17,19). The first-order chi connectivity index (χ1) is 10.0. The number of hydrogen-bond acceptors (Lipinski definition) is 5. The van der Waals surface area contributed by atoms with Crippen LogP contribution >= 0.6 is 0 Å². The van der Waals surface area contributed by atoms with Gasteiger partial charge < -0.3 is 20.1 Å². The minimum absolute atomic E-state index is 0.233. The maximum absolute atomic E-state index is 12.0. The van der Waals surface area contributed by atoms with E-state index in [1.165, 1.54) is 7.05 Å². The van der Waals surface area contributed by atoms with Crippen molar-refractivity contribution in [3.05, 3.63) is 23.8 Å². The van der Waals surface area contributed by atoms with Gasteiger partial charge in [-0.15, -0.1) is 0 Å². The molecule has 1 aromatic carbocycles. The van der Waals surface area contributed by atoms with E-state index in [0.29, 0.717) is 17.0 Å². The van der Waals surface area contributed by atoms with Crippen molar-refractivity contribution in [2.75, 3.05) is 19.0 Å². The van der Waals surface area contributed by atoms with Gasteiger partial charge in [-0.2, -0.15) is 0 Å². The smallest absolute Gasteiger partial charge is 0.415 e. The molecule has 8 heteroatoms. The monoisotopic (exact) mass is 291 g/mol. The summed E-state index contributed by atoms with van der Waals surface area (Å²) in [5.74, 6) is -0.0935. The van der Waals surface area contributed by atoms with Crippen LogP contribution in [0.3, 0.4) is 0 Å². The lowest BCUT2D eigenvalue weighted by molar-refractivity contribution is -0.134. The average Bonchev–Trinajstić information content (AvgIpc) is 2.73. The summed E-state index contributed by atoms with van der Waals surface area (Å²) in [6, 6.07) is 4.44. The van der Waals surface area contributed by atoms with Gasteiger partial charge in [-0.05, 0) is 12.1 Å². The summed E-state index contributed by atoms with van der Waals surface area (Å²) in [6.45, 7) is 0.233. The van der Waals surface area contributed by atoms with Gasteiger partial charge in [0, 0.05) is 30.8 Å². The SMILES string of the molecule is CNC(=O)Nc1ccc2c(c1)OCCC21OC(=O)NC1=O. The molecule has 1 atom stereocenters. The number of anilines is 1. The van der Waals surface area contributed by atoms with Gasteiger partial charge in [0.2, 0.25) is 5.60 Å². The van der Waals surface area contributed by atoms with Crippen LogP contribution in [-0.2, 0) is 15.1 Å².